The zero-order valence-electron chi connectivity index (χ0n) is 9.10. The molecule has 1 unspecified atom stereocenters. The predicted octanol–water partition coefficient (Wildman–Crippen LogP) is 2.39. The zero-order chi connectivity index (χ0) is 11.5. The summed E-state index contributed by atoms with van der Waals surface area (Å²) < 4.78 is 1.83. The van der Waals surface area contributed by atoms with Crippen LogP contribution in [0.5, 0.6) is 0 Å². The normalized spacial score (nSPS) is 12.7. The van der Waals surface area contributed by atoms with Crippen molar-refractivity contribution >= 4 is 11.6 Å². The number of halogens is 1. The molecule has 0 amide bonds. The molecular formula is C12H14ClN3. The lowest BCUT2D eigenvalue weighted by atomic mass is 10.1. The van der Waals surface area contributed by atoms with Gasteiger partial charge in [0.2, 0.25) is 0 Å². The zero-order valence-corrected chi connectivity index (χ0v) is 9.85. The second kappa shape index (κ2) is 4.68. The highest BCUT2D eigenvalue weighted by atomic mass is 35.5. The highest BCUT2D eigenvalue weighted by Crippen LogP contribution is 2.20. The molecule has 0 saturated carbocycles. The monoisotopic (exact) mass is 235 g/mol. The summed E-state index contributed by atoms with van der Waals surface area (Å²) in [5.74, 6) is 0. The fourth-order valence-corrected chi connectivity index (χ4v) is 1.83. The first-order valence-electron chi connectivity index (χ1n) is 5.18. The van der Waals surface area contributed by atoms with Crippen molar-refractivity contribution in [2.24, 2.45) is 5.73 Å². The molecule has 2 N–H and O–H groups in total. The number of aromatic nitrogens is 2. The lowest BCUT2D eigenvalue weighted by Crippen LogP contribution is -2.20. The van der Waals surface area contributed by atoms with Crippen LogP contribution in [0.1, 0.15) is 17.3 Å². The highest BCUT2D eigenvalue weighted by Gasteiger charge is 2.13. The van der Waals surface area contributed by atoms with Crippen LogP contribution in [0.25, 0.3) is 0 Å². The van der Waals surface area contributed by atoms with Crippen molar-refractivity contribution in [2.75, 3.05) is 6.54 Å². The average Bonchev–Trinajstić information content (AvgIpc) is 2.61. The molecule has 84 valence electrons. The summed E-state index contributed by atoms with van der Waals surface area (Å²) in [7, 11) is 0. The Hall–Kier alpha value is -1.32. The van der Waals surface area contributed by atoms with E-state index in [0.717, 1.165) is 11.3 Å². The average molecular weight is 236 g/mol. The van der Waals surface area contributed by atoms with Crippen molar-refractivity contribution in [3.63, 3.8) is 0 Å². The summed E-state index contributed by atoms with van der Waals surface area (Å²) in [4.78, 5) is 0. The van der Waals surface area contributed by atoms with Gasteiger partial charge in [0.25, 0.3) is 0 Å². The van der Waals surface area contributed by atoms with Crippen molar-refractivity contribution < 1.29 is 0 Å². The third-order valence-electron chi connectivity index (χ3n) is 2.58. The Labute approximate surface area is 99.8 Å². The first kappa shape index (κ1) is 11.2. The Morgan fingerprint density at radius 2 is 2.06 bits per heavy atom. The van der Waals surface area contributed by atoms with Crippen LogP contribution >= 0.6 is 11.6 Å². The summed E-state index contributed by atoms with van der Waals surface area (Å²) in [6.45, 7) is 2.39. The van der Waals surface area contributed by atoms with E-state index in [-0.39, 0.29) is 6.04 Å². The third kappa shape index (κ3) is 2.10. The molecule has 16 heavy (non-hydrogen) atoms. The van der Waals surface area contributed by atoms with Gasteiger partial charge in [-0.3, -0.25) is 4.68 Å². The van der Waals surface area contributed by atoms with Crippen LogP contribution in [0, 0.1) is 6.92 Å². The highest BCUT2D eigenvalue weighted by molar-refractivity contribution is 6.31. The van der Waals surface area contributed by atoms with Gasteiger partial charge in [0.15, 0.2) is 0 Å². The second-order valence-corrected chi connectivity index (χ2v) is 4.11. The van der Waals surface area contributed by atoms with Gasteiger partial charge in [-0.15, -0.1) is 0 Å². The molecule has 1 aromatic heterocycles. The van der Waals surface area contributed by atoms with Gasteiger partial charge >= 0.3 is 0 Å². The largest absolute Gasteiger partial charge is 0.328 e. The third-order valence-corrected chi connectivity index (χ3v) is 2.95. The summed E-state index contributed by atoms with van der Waals surface area (Å²) in [5.41, 5.74) is 7.76. The Morgan fingerprint density at radius 3 is 2.56 bits per heavy atom. The number of nitrogens with two attached hydrogens (primary N) is 1. The maximum atomic E-state index is 5.99. The lowest BCUT2D eigenvalue weighted by molar-refractivity contribution is 0.529. The van der Waals surface area contributed by atoms with Crippen molar-refractivity contribution in [1.82, 2.24) is 9.78 Å². The van der Waals surface area contributed by atoms with E-state index < -0.39 is 0 Å². The van der Waals surface area contributed by atoms with Crippen molar-refractivity contribution in [1.29, 1.82) is 0 Å². The molecule has 0 saturated heterocycles. The summed E-state index contributed by atoms with van der Waals surface area (Å²) in [5, 5.41) is 5.04. The van der Waals surface area contributed by atoms with E-state index in [4.69, 9.17) is 17.3 Å². The number of nitrogens with zero attached hydrogens (tertiary/aromatic N) is 2. The maximum absolute atomic E-state index is 5.99. The van der Waals surface area contributed by atoms with E-state index in [2.05, 4.69) is 5.10 Å². The van der Waals surface area contributed by atoms with E-state index in [0.29, 0.717) is 11.6 Å². The molecule has 1 atom stereocenters. The maximum Gasteiger partial charge on any atom is 0.0891 e. The molecule has 0 aliphatic carbocycles. The van der Waals surface area contributed by atoms with E-state index in [1.165, 1.54) is 0 Å². The van der Waals surface area contributed by atoms with Crippen molar-refractivity contribution in [3.8, 4) is 0 Å². The first-order chi connectivity index (χ1) is 7.72. The number of rotatable bonds is 3. The Balaban J connectivity index is 2.37. The topological polar surface area (TPSA) is 43.8 Å². The molecular weight excluding hydrogens is 222 g/mol. The van der Waals surface area contributed by atoms with Gasteiger partial charge in [0.05, 0.1) is 16.8 Å². The van der Waals surface area contributed by atoms with Crippen LogP contribution in [-0.2, 0) is 0 Å². The Kier molecular flexibility index (Phi) is 3.27. The van der Waals surface area contributed by atoms with Gasteiger partial charge in [-0.05, 0) is 12.5 Å². The van der Waals surface area contributed by atoms with E-state index >= 15 is 0 Å². The van der Waals surface area contributed by atoms with E-state index in [9.17, 15) is 0 Å². The lowest BCUT2D eigenvalue weighted by Gasteiger charge is -2.15. The molecule has 1 heterocycles. The molecule has 0 aliphatic rings. The molecule has 0 bridgehead atoms. The van der Waals surface area contributed by atoms with Gasteiger partial charge in [-0.1, -0.05) is 41.9 Å². The minimum atomic E-state index is 0.0485. The van der Waals surface area contributed by atoms with Gasteiger partial charge in [-0.2, -0.15) is 5.10 Å². The van der Waals surface area contributed by atoms with Crippen molar-refractivity contribution in [2.45, 2.75) is 13.0 Å². The Morgan fingerprint density at radius 1 is 1.38 bits per heavy atom. The van der Waals surface area contributed by atoms with Gasteiger partial charge in [0.1, 0.15) is 0 Å². The number of benzene rings is 1. The molecule has 1 aromatic carbocycles. The quantitative estimate of drug-likeness (QED) is 0.888. The molecule has 0 aliphatic heterocycles. The summed E-state index contributed by atoms with van der Waals surface area (Å²) >= 11 is 5.99. The minimum absolute atomic E-state index is 0.0485. The molecule has 0 spiro atoms. The van der Waals surface area contributed by atoms with Crippen LogP contribution in [0.15, 0.2) is 36.5 Å². The predicted molar refractivity (Wildman–Crippen MR) is 65.6 cm³/mol. The first-order valence-corrected chi connectivity index (χ1v) is 5.56. The molecule has 2 aromatic rings. The molecule has 0 radical (unpaired) electrons. The van der Waals surface area contributed by atoms with Crippen LogP contribution in [-0.4, -0.2) is 16.3 Å². The summed E-state index contributed by atoms with van der Waals surface area (Å²) in [6, 6.07) is 10.1. The van der Waals surface area contributed by atoms with E-state index in [1.54, 1.807) is 0 Å². The van der Waals surface area contributed by atoms with Gasteiger partial charge in [0, 0.05) is 12.7 Å². The number of aryl methyl sites for hydroxylation is 1. The molecule has 2 rings (SSSR count). The van der Waals surface area contributed by atoms with Crippen LogP contribution in [0.3, 0.4) is 0 Å². The smallest absolute Gasteiger partial charge is 0.0891 e. The fourth-order valence-electron chi connectivity index (χ4n) is 1.69. The van der Waals surface area contributed by atoms with E-state index in [1.807, 2.05) is 48.1 Å². The van der Waals surface area contributed by atoms with Crippen LogP contribution < -0.4 is 5.73 Å². The molecule has 0 fully saturated rings. The standard InChI is InChI=1S/C12H14ClN3/c1-9-11(13)8-16(15-9)12(7-14)10-5-3-2-4-6-10/h2-6,8,12H,7,14H2,1H3. The van der Waals surface area contributed by atoms with Gasteiger partial charge in [-0.25, -0.2) is 0 Å². The molecule has 3 nitrogen and oxygen atoms in total. The summed E-state index contributed by atoms with van der Waals surface area (Å²) in [6.07, 6.45) is 1.82. The fraction of sp³-hybridized carbons (Fsp3) is 0.250. The number of hydrogen-bond donors (Lipinski definition) is 1. The minimum Gasteiger partial charge on any atom is -0.328 e. The van der Waals surface area contributed by atoms with Crippen molar-refractivity contribution in [3.05, 3.63) is 52.8 Å². The Bertz CT molecular complexity index is 445. The second-order valence-electron chi connectivity index (χ2n) is 3.70. The van der Waals surface area contributed by atoms with Crippen LogP contribution in [0.4, 0.5) is 0 Å². The van der Waals surface area contributed by atoms with Crippen LogP contribution in [0.2, 0.25) is 5.02 Å². The number of hydrogen-bond acceptors (Lipinski definition) is 2. The molecule has 4 heteroatoms. The van der Waals surface area contributed by atoms with Gasteiger partial charge < -0.3 is 5.73 Å². The SMILES string of the molecule is Cc1nn(C(CN)c2ccccc2)cc1Cl.